The zero-order chi connectivity index (χ0) is 20.8. The molecule has 5 heteroatoms. The SMILES string of the molecule is CCCN(Cc1ccc(C#N)cc1)C(=O)CC1c2ccccc2CCN1C(C)=O. The lowest BCUT2D eigenvalue weighted by Crippen LogP contribution is -2.42. The molecular formula is C24H27N3O2. The zero-order valence-electron chi connectivity index (χ0n) is 17.1. The van der Waals surface area contributed by atoms with Gasteiger partial charge in [0.15, 0.2) is 0 Å². The average molecular weight is 389 g/mol. The molecule has 3 rings (SSSR count). The van der Waals surface area contributed by atoms with E-state index in [4.69, 9.17) is 5.26 Å². The molecule has 0 saturated carbocycles. The van der Waals surface area contributed by atoms with Gasteiger partial charge in [-0.1, -0.05) is 43.3 Å². The molecule has 0 aliphatic carbocycles. The molecule has 5 nitrogen and oxygen atoms in total. The summed E-state index contributed by atoms with van der Waals surface area (Å²) in [6.45, 7) is 5.44. The topological polar surface area (TPSA) is 64.4 Å². The number of hydrogen-bond donors (Lipinski definition) is 0. The average Bonchev–Trinajstić information content (AvgIpc) is 2.74. The fourth-order valence-corrected chi connectivity index (χ4v) is 4.01. The minimum Gasteiger partial charge on any atom is -0.338 e. The zero-order valence-corrected chi connectivity index (χ0v) is 17.1. The van der Waals surface area contributed by atoms with E-state index in [1.165, 1.54) is 5.56 Å². The second-order valence-corrected chi connectivity index (χ2v) is 7.51. The van der Waals surface area contributed by atoms with E-state index < -0.39 is 0 Å². The second-order valence-electron chi connectivity index (χ2n) is 7.51. The number of nitrogens with zero attached hydrogens (tertiary/aromatic N) is 3. The van der Waals surface area contributed by atoms with Crippen molar-refractivity contribution >= 4 is 11.8 Å². The predicted molar refractivity (Wildman–Crippen MR) is 112 cm³/mol. The van der Waals surface area contributed by atoms with Crippen LogP contribution in [0.25, 0.3) is 0 Å². The molecule has 1 atom stereocenters. The number of carbonyl (C=O) groups excluding carboxylic acids is 2. The van der Waals surface area contributed by atoms with E-state index in [1.54, 1.807) is 19.1 Å². The van der Waals surface area contributed by atoms with E-state index >= 15 is 0 Å². The van der Waals surface area contributed by atoms with Crippen LogP contribution >= 0.6 is 0 Å². The van der Waals surface area contributed by atoms with Crippen LogP contribution in [0.15, 0.2) is 48.5 Å². The Morgan fingerprint density at radius 3 is 2.55 bits per heavy atom. The van der Waals surface area contributed by atoms with E-state index in [0.717, 1.165) is 24.0 Å². The summed E-state index contributed by atoms with van der Waals surface area (Å²) >= 11 is 0. The summed E-state index contributed by atoms with van der Waals surface area (Å²) in [5.41, 5.74) is 3.91. The molecule has 150 valence electrons. The maximum Gasteiger partial charge on any atom is 0.225 e. The summed E-state index contributed by atoms with van der Waals surface area (Å²) in [6.07, 6.45) is 1.97. The molecule has 0 radical (unpaired) electrons. The van der Waals surface area contributed by atoms with Crippen molar-refractivity contribution in [3.63, 3.8) is 0 Å². The lowest BCUT2D eigenvalue weighted by molar-refractivity contribution is -0.137. The molecule has 2 aromatic carbocycles. The highest BCUT2D eigenvalue weighted by molar-refractivity contribution is 5.80. The quantitative estimate of drug-likeness (QED) is 0.754. The first-order valence-electron chi connectivity index (χ1n) is 10.1. The Morgan fingerprint density at radius 2 is 1.90 bits per heavy atom. The van der Waals surface area contributed by atoms with Crippen molar-refractivity contribution in [2.45, 2.75) is 45.7 Å². The molecule has 0 N–H and O–H groups in total. The summed E-state index contributed by atoms with van der Waals surface area (Å²) in [5.74, 6) is 0.0515. The van der Waals surface area contributed by atoms with Crippen LogP contribution in [0.3, 0.4) is 0 Å². The van der Waals surface area contributed by atoms with Gasteiger partial charge in [-0.25, -0.2) is 0 Å². The molecule has 2 aromatic rings. The number of amides is 2. The Kier molecular flexibility index (Phi) is 6.66. The summed E-state index contributed by atoms with van der Waals surface area (Å²) in [4.78, 5) is 29.1. The molecule has 2 amide bonds. The third kappa shape index (κ3) is 4.83. The molecule has 0 saturated heterocycles. The molecule has 0 spiro atoms. The number of rotatable bonds is 6. The normalized spacial score (nSPS) is 15.3. The van der Waals surface area contributed by atoms with Crippen molar-refractivity contribution < 1.29 is 9.59 Å². The third-order valence-electron chi connectivity index (χ3n) is 5.49. The molecule has 1 heterocycles. The fourth-order valence-electron chi connectivity index (χ4n) is 4.01. The minimum atomic E-state index is -0.217. The van der Waals surface area contributed by atoms with Crippen LogP contribution in [0, 0.1) is 11.3 Å². The maximum atomic E-state index is 13.2. The number of benzene rings is 2. The van der Waals surface area contributed by atoms with E-state index in [1.807, 2.05) is 40.1 Å². The Balaban J connectivity index is 1.80. The van der Waals surface area contributed by atoms with E-state index in [-0.39, 0.29) is 24.3 Å². The van der Waals surface area contributed by atoms with Crippen molar-refractivity contribution in [1.29, 1.82) is 5.26 Å². The van der Waals surface area contributed by atoms with Gasteiger partial charge in [-0.3, -0.25) is 9.59 Å². The molecule has 1 aliphatic heterocycles. The lowest BCUT2D eigenvalue weighted by Gasteiger charge is -2.37. The highest BCUT2D eigenvalue weighted by Gasteiger charge is 2.31. The lowest BCUT2D eigenvalue weighted by atomic mass is 9.90. The number of nitriles is 1. The minimum absolute atomic E-state index is 0.00596. The van der Waals surface area contributed by atoms with Gasteiger partial charge in [-0.2, -0.15) is 5.26 Å². The van der Waals surface area contributed by atoms with Gasteiger partial charge in [0.05, 0.1) is 24.1 Å². The first kappa shape index (κ1) is 20.6. The molecule has 0 aromatic heterocycles. The molecular weight excluding hydrogens is 362 g/mol. The Bertz CT molecular complexity index is 914. The van der Waals surface area contributed by atoms with Crippen LogP contribution in [0.2, 0.25) is 0 Å². The summed E-state index contributed by atoms with van der Waals surface area (Å²) in [6, 6.07) is 17.3. The van der Waals surface area contributed by atoms with Gasteiger partial charge < -0.3 is 9.80 Å². The Labute approximate surface area is 172 Å². The first-order valence-corrected chi connectivity index (χ1v) is 10.1. The first-order chi connectivity index (χ1) is 14.0. The molecule has 1 aliphatic rings. The molecule has 0 fully saturated rings. The largest absolute Gasteiger partial charge is 0.338 e. The monoisotopic (exact) mass is 389 g/mol. The van der Waals surface area contributed by atoms with Gasteiger partial charge in [-0.05, 0) is 41.7 Å². The van der Waals surface area contributed by atoms with Crippen LogP contribution < -0.4 is 0 Å². The van der Waals surface area contributed by atoms with Gasteiger partial charge in [0.2, 0.25) is 11.8 Å². The highest BCUT2D eigenvalue weighted by Crippen LogP contribution is 2.33. The van der Waals surface area contributed by atoms with Crippen molar-refractivity contribution in [3.8, 4) is 6.07 Å². The van der Waals surface area contributed by atoms with Crippen molar-refractivity contribution in [3.05, 3.63) is 70.8 Å². The highest BCUT2D eigenvalue weighted by atomic mass is 16.2. The van der Waals surface area contributed by atoms with Gasteiger partial charge in [0.1, 0.15) is 0 Å². The van der Waals surface area contributed by atoms with Crippen molar-refractivity contribution in [2.24, 2.45) is 0 Å². The molecule has 0 bridgehead atoms. The maximum absolute atomic E-state index is 13.2. The van der Waals surface area contributed by atoms with Crippen LogP contribution in [0.4, 0.5) is 0 Å². The van der Waals surface area contributed by atoms with Gasteiger partial charge in [0, 0.05) is 26.6 Å². The number of hydrogen-bond acceptors (Lipinski definition) is 3. The summed E-state index contributed by atoms with van der Waals surface area (Å²) in [7, 11) is 0. The third-order valence-corrected chi connectivity index (χ3v) is 5.49. The number of carbonyl (C=O) groups is 2. The standard InChI is InChI=1S/C24H27N3O2/c1-3-13-26(17-20-10-8-19(16-25)9-11-20)24(29)15-23-22-7-5-4-6-21(22)12-14-27(23)18(2)28/h4-11,23H,3,12-15,17H2,1-2H3. The van der Waals surface area contributed by atoms with E-state index in [0.29, 0.717) is 25.2 Å². The van der Waals surface area contributed by atoms with Crippen molar-refractivity contribution in [2.75, 3.05) is 13.1 Å². The summed E-state index contributed by atoms with van der Waals surface area (Å²) in [5, 5.41) is 8.97. The Hall–Kier alpha value is -3.13. The van der Waals surface area contributed by atoms with Gasteiger partial charge in [-0.15, -0.1) is 0 Å². The fraction of sp³-hybridized carbons (Fsp3) is 0.375. The van der Waals surface area contributed by atoms with Gasteiger partial charge in [0.25, 0.3) is 0 Å². The smallest absolute Gasteiger partial charge is 0.225 e. The van der Waals surface area contributed by atoms with Crippen LogP contribution in [0.5, 0.6) is 0 Å². The van der Waals surface area contributed by atoms with Crippen LogP contribution in [-0.2, 0) is 22.6 Å². The van der Waals surface area contributed by atoms with E-state index in [9.17, 15) is 9.59 Å². The van der Waals surface area contributed by atoms with E-state index in [2.05, 4.69) is 19.1 Å². The van der Waals surface area contributed by atoms with Crippen LogP contribution in [-0.4, -0.2) is 34.7 Å². The summed E-state index contributed by atoms with van der Waals surface area (Å²) < 4.78 is 0. The second kappa shape index (κ2) is 9.38. The van der Waals surface area contributed by atoms with Crippen molar-refractivity contribution in [1.82, 2.24) is 9.80 Å². The van der Waals surface area contributed by atoms with Crippen LogP contribution in [0.1, 0.15) is 55.0 Å². The predicted octanol–water partition coefficient (Wildman–Crippen LogP) is 3.83. The molecule has 29 heavy (non-hydrogen) atoms. The van der Waals surface area contributed by atoms with Gasteiger partial charge >= 0.3 is 0 Å². The Morgan fingerprint density at radius 1 is 1.17 bits per heavy atom. The molecule has 1 unspecified atom stereocenters. The number of fused-ring (bicyclic) bond motifs is 1.